The summed E-state index contributed by atoms with van der Waals surface area (Å²) < 4.78 is 6.17. The molecule has 0 aliphatic carbocycles. The van der Waals surface area contributed by atoms with Crippen LogP contribution in [0.15, 0.2) is 21.7 Å². The minimum Gasteiger partial charge on any atom is -0.503 e. The zero-order valence-corrected chi connectivity index (χ0v) is 13.9. The number of benzene rings is 1. The minimum atomic E-state index is 0.138. The third kappa shape index (κ3) is 2.74. The molecule has 2 aliphatic rings. The van der Waals surface area contributed by atoms with Crippen molar-refractivity contribution in [3.8, 4) is 11.5 Å². The van der Waals surface area contributed by atoms with Crippen LogP contribution in [-0.2, 0) is 0 Å². The molecule has 2 unspecified atom stereocenters. The van der Waals surface area contributed by atoms with E-state index in [0.29, 0.717) is 22.7 Å². The van der Waals surface area contributed by atoms with E-state index in [1.54, 1.807) is 0 Å². The van der Waals surface area contributed by atoms with Crippen LogP contribution in [0.3, 0.4) is 0 Å². The highest BCUT2D eigenvalue weighted by Gasteiger charge is 2.36. The maximum Gasteiger partial charge on any atom is 0.172 e. The summed E-state index contributed by atoms with van der Waals surface area (Å²) in [4.78, 5) is 2.34. The van der Waals surface area contributed by atoms with Crippen LogP contribution in [0.5, 0.6) is 11.5 Å². The molecule has 0 amide bonds. The van der Waals surface area contributed by atoms with Crippen LogP contribution in [0.2, 0.25) is 0 Å². The van der Waals surface area contributed by atoms with Crippen LogP contribution in [0, 0.1) is 5.92 Å². The predicted octanol–water partition coefficient (Wildman–Crippen LogP) is 2.51. The molecule has 6 heteroatoms. The monoisotopic (exact) mass is 353 g/mol. The van der Waals surface area contributed by atoms with E-state index < -0.39 is 0 Å². The van der Waals surface area contributed by atoms with Gasteiger partial charge in [0, 0.05) is 31.1 Å². The number of nitrogens with one attached hydrogen (secondary N) is 1. The van der Waals surface area contributed by atoms with E-state index in [4.69, 9.17) is 4.74 Å². The summed E-state index contributed by atoms with van der Waals surface area (Å²) in [5.74, 6) is 1.05. The standard InChI is InChI=1S/C15H20BrN3O2/c1-3-21-13-7-9(6-11(16)15(13)20)14-10-8-19(2)5-4-12(10)17-18-14/h6-7,10,14,18,20H,3-5,8H2,1-2H3. The number of nitrogens with zero attached hydrogens (tertiary/aromatic N) is 2. The topological polar surface area (TPSA) is 57.1 Å². The number of hydrogen-bond donors (Lipinski definition) is 2. The number of rotatable bonds is 3. The molecule has 0 spiro atoms. The van der Waals surface area contributed by atoms with Crippen LogP contribution < -0.4 is 10.2 Å². The Morgan fingerprint density at radius 3 is 3.10 bits per heavy atom. The second kappa shape index (κ2) is 5.85. The quantitative estimate of drug-likeness (QED) is 0.876. The molecule has 1 fully saturated rings. The molecule has 0 bridgehead atoms. The van der Waals surface area contributed by atoms with E-state index in [-0.39, 0.29) is 11.8 Å². The van der Waals surface area contributed by atoms with Crippen LogP contribution in [0.25, 0.3) is 0 Å². The van der Waals surface area contributed by atoms with Crippen molar-refractivity contribution in [3.63, 3.8) is 0 Å². The number of phenols is 1. The van der Waals surface area contributed by atoms with Gasteiger partial charge in [0.1, 0.15) is 0 Å². The average Bonchev–Trinajstić information content (AvgIpc) is 2.86. The number of aromatic hydroxyl groups is 1. The van der Waals surface area contributed by atoms with Gasteiger partial charge in [-0.25, -0.2) is 0 Å². The lowest BCUT2D eigenvalue weighted by Crippen LogP contribution is -2.39. The van der Waals surface area contributed by atoms with Gasteiger partial charge in [-0.2, -0.15) is 5.10 Å². The normalized spacial score (nSPS) is 25.2. The molecular formula is C15H20BrN3O2. The second-order valence-electron chi connectivity index (χ2n) is 5.61. The van der Waals surface area contributed by atoms with Gasteiger partial charge in [-0.15, -0.1) is 0 Å². The van der Waals surface area contributed by atoms with Crippen molar-refractivity contribution < 1.29 is 9.84 Å². The van der Waals surface area contributed by atoms with E-state index in [1.807, 2.05) is 19.1 Å². The van der Waals surface area contributed by atoms with Gasteiger partial charge in [-0.1, -0.05) is 0 Å². The molecule has 2 aliphatic heterocycles. The van der Waals surface area contributed by atoms with Crippen molar-refractivity contribution in [2.24, 2.45) is 11.0 Å². The largest absolute Gasteiger partial charge is 0.503 e. The van der Waals surface area contributed by atoms with Crippen molar-refractivity contribution in [1.82, 2.24) is 10.3 Å². The Morgan fingerprint density at radius 1 is 1.52 bits per heavy atom. The summed E-state index contributed by atoms with van der Waals surface area (Å²) in [6, 6.07) is 4.00. The van der Waals surface area contributed by atoms with Crippen LogP contribution >= 0.6 is 15.9 Å². The first-order chi connectivity index (χ1) is 10.1. The number of phenolic OH excluding ortho intramolecular Hbond substituents is 1. The fourth-order valence-corrected chi connectivity index (χ4v) is 3.51. The lowest BCUT2D eigenvalue weighted by atomic mass is 9.86. The Labute approximate surface area is 133 Å². The number of hydrogen-bond acceptors (Lipinski definition) is 5. The summed E-state index contributed by atoms with van der Waals surface area (Å²) in [5, 5.41) is 14.5. The molecule has 1 aromatic carbocycles. The fourth-order valence-electron chi connectivity index (χ4n) is 3.05. The molecule has 1 saturated heterocycles. The van der Waals surface area contributed by atoms with Crippen LogP contribution in [0.4, 0.5) is 0 Å². The molecular weight excluding hydrogens is 334 g/mol. The Balaban J connectivity index is 1.90. The average molecular weight is 354 g/mol. The molecule has 1 aromatic rings. The van der Waals surface area contributed by atoms with Crippen molar-refractivity contribution in [3.05, 3.63) is 22.2 Å². The third-order valence-electron chi connectivity index (χ3n) is 4.15. The van der Waals surface area contributed by atoms with Gasteiger partial charge in [0.05, 0.1) is 17.1 Å². The molecule has 2 atom stereocenters. The molecule has 21 heavy (non-hydrogen) atoms. The van der Waals surface area contributed by atoms with Gasteiger partial charge in [-0.3, -0.25) is 0 Å². The van der Waals surface area contributed by atoms with Crippen molar-refractivity contribution in [2.45, 2.75) is 19.4 Å². The Morgan fingerprint density at radius 2 is 2.33 bits per heavy atom. The molecule has 2 N–H and O–H groups in total. The SMILES string of the molecule is CCOc1cc(C2NN=C3CCN(C)CC32)cc(Br)c1O. The summed E-state index contributed by atoms with van der Waals surface area (Å²) in [5.41, 5.74) is 5.59. The van der Waals surface area contributed by atoms with Crippen LogP contribution in [-0.4, -0.2) is 42.5 Å². The summed E-state index contributed by atoms with van der Waals surface area (Å²) >= 11 is 3.41. The van der Waals surface area contributed by atoms with E-state index in [9.17, 15) is 5.11 Å². The fraction of sp³-hybridized carbons (Fsp3) is 0.533. The van der Waals surface area contributed by atoms with E-state index >= 15 is 0 Å². The van der Waals surface area contributed by atoms with Gasteiger partial charge >= 0.3 is 0 Å². The Hall–Kier alpha value is -1.27. The van der Waals surface area contributed by atoms with Gasteiger partial charge < -0.3 is 20.2 Å². The van der Waals surface area contributed by atoms with Gasteiger partial charge in [0.2, 0.25) is 0 Å². The number of likely N-dealkylation sites (tertiary alicyclic amines) is 1. The Bertz CT molecular complexity index is 576. The molecule has 3 rings (SSSR count). The first-order valence-electron chi connectivity index (χ1n) is 7.26. The highest BCUT2D eigenvalue weighted by molar-refractivity contribution is 9.10. The summed E-state index contributed by atoms with van der Waals surface area (Å²) in [7, 11) is 2.14. The smallest absolute Gasteiger partial charge is 0.172 e. The minimum absolute atomic E-state index is 0.138. The van der Waals surface area contributed by atoms with Crippen molar-refractivity contribution in [2.75, 3.05) is 26.7 Å². The molecule has 5 nitrogen and oxygen atoms in total. The van der Waals surface area contributed by atoms with Crippen LogP contribution in [0.1, 0.15) is 24.9 Å². The number of hydrazone groups is 1. The number of piperidine rings is 1. The zero-order valence-electron chi connectivity index (χ0n) is 12.3. The highest BCUT2D eigenvalue weighted by Crippen LogP contribution is 2.40. The van der Waals surface area contributed by atoms with E-state index in [0.717, 1.165) is 25.1 Å². The summed E-state index contributed by atoms with van der Waals surface area (Å²) in [6.07, 6.45) is 1.02. The predicted molar refractivity (Wildman–Crippen MR) is 85.9 cm³/mol. The van der Waals surface area contributed by atoms with Gasteiger partial charge in [0.25, 0.3) is 0 Å². The second-order valence-corrected chi connectivity index (χ2v) is 6.47. The molecule has 0 aromatic heterocycles. The lowest BCUT2D eigenvalue weighted by Gasteiger charge is -2.31. The van der Waals surface area contributed by atoms with Crippen molar-refractivity contribution in [1.29, 1.82) is 0 Å². The molecule has 2 heterocycles. The van der Waals surface area contributed by atoms with Gasteiger partial charge in [0.15, 0.2) is 11.5 Å². The maximum atomic E-state index is 10.0. The molecule has 0 radical (unpaired) electrons. The number of fused-ring (bicyclic) bond motifs is 1. The van der Waals surface area contributed by atoms with Gasteiger partial charge in [-0.05, 0) is 47.6 Å². The summed E-state index contributed by atoms with van der Waals surface area (Å²) in [6.45, 7) is 4.49. The Kier molecular flexibility index (Phi) is 4.08. The number of ether oxygens (including phenoxy) is 1. The first kappa shape index (κ1) is 14.7. The number of halogens is 1. The zero-order chi connectivity index (χ0) is 15.0. The lowest BCUT2D eigenvalue weighted by molar-refractivity contribution is 0.272. The van der Waals surface area contributed by atoms with E-state index in [1.165, 1.54) is 5.71 Å². The first-order valence-corrected chi connectivity index (χ1v) is 8.05. The highest BCUT2D eigenvalue weighted by atomic mass is 79.9. The van der Waals surface area contributed by atoms with E-state index in [2.05, 4.69) is 38.4 Å². The van der Waals surface area contributed by atoms with Crippen molar-refractivity contribution >= 4 is 21.6 Å². The molecule has 114 valence electrons. The maximum absolute atomic E-state index is 10.0. The molecule has 0 saturated carbocycles. The third-order valence-corrected chi connectivity index (χ3v) is 4.75.